The van der Waals surface area contributed by atoms with Crippen LogP contribution in [0.5, 0.6) is 0 Å². The second-order valence-corrected chi connectivity index (χ2v) is 5.47. The number of hydrogen-bond donors (Lipinski definition) is 0. The highest BCUT2D eigenvalue weighted by Crippen LogP contribution is 2.27. The fourth-order valence-corrected chi connectivity index (χ4v) is 2.39. The van der Waals surface area contributed by atoms with Gasteiger partial charge in [-0.05, 0) is 36.4 Å². The third kappa shape index (κ3) is 2.15. The van der Waals surface area contributed by atoms with Crippen LogP contribution in [-0.4, -0.2) is 4.98 Å². The Balaban J connectivity index is 2.18. The second kappa shape index (κ2) is 4.27. The van der Waals surface area contributed by atoms with Gasteiger partial charge in [-0.2, -0.15) is 0 Å². The highest BCUT2D eigenvalue weighted by molar-refractivity contribution is 9.10. The average molecular weight is 353 g/mol. The van der Waals surface area contributed by atoms with E-state index < -0.39 is 0 Å². The van der Waals surface area contributed by atoms with Crippen molar-refractivity contribution < 1.29 is 4.42 Å². The Labute approximate surface area is 115 Å². The van der Waals surface area contributed by atoms with Crippen LogP contribution in [0, 0.1) is 0 Å². The predicted octanol–water partition coefficient (Wildman–Crippen LogP) is 5.02. The summed E-state index contributed by atoms with van der Waals surface area (Å²) in [7, 11) is 0. The minimum Gasteiger partial charge on any atom is -0.436 e. The molecule has 84 valence electrons. The van der Waals surface area contributed by atoms with Gasteiger partial charge in [-0.1, -0.05) is 37.9 Å². The molecule has 0 aliphatic rings. The number of nitrogens with zero attached hydrogens (tertiary/aromatic N) is 1. The first-order valence-electron chi connectivity index (χ1n) is 5.04. The van der Waals surface area contributed by atoms with Gasteiger partial charge in [-0.25, -0.2) is 4.98 Å². The fraction of sp³-hybridized carbons (Fsp3) is 0. The number of halogens is 2. The largest absolute Gasteiger partial charge is 0.436 e. The number of hydrogen-bond acceptors (Lipinski definition) is 2. The van der Waals surface area contributed by atoms with Gasteiger partial charge in [-0.15, -0.1) is 0 Å². The molecule has 0 fully saturated rings. The van der Waals surface area contributed by atoms with E-state index in [4.69, 9.17) is 4.42 Å². The first kappa shape index (κ1) is 11.0. The van der Waals surface area contributed by atoms with Crippen LogP contribution in [0.15, 0.2) is 55.8 Å². The molecule has 0 spiro atoms. The van der Waals surface area contributed by atoms with Crippen LogP contribution >= 0.6 is 31.9 Å². The van der Waals surface area contributed by atoms with E-state index in [1.807, 2.05) is 42.5 Å². The molecule has 0 radical (unpaired) electrons. The smallest absolute Gasteiger partial charge is 0.227 e. The number of fused-ring (bicyclic) bond motifs is 1. The molecular formula is C13H7Br2NO. The quantitative estimate of drug-likeness (QED) is 0.614. The summed E-state index contributed by atoms with van der Waals surface area (Å²) in [6.07, 6.45) is 0. The van der Waals surface area contributed by atoms with Crippen LogP contribution < -0.4 is 0 Å². The summed E-state index contributed by atoms with van der Waals surface area (Å²) in [6.45, 7) is 0. The van der Waals surface area contributed by atoms with Crippen LogP contribution in [-0.2, 0) is 0 Å². The number of rotatable bonds is 1. The van der Waals surface area contributed by atoms with Crippen molar-refractivity contribution in [3.05, 3.63) is 51.4 Å². The van der Waals surface area contributed by atoms with E-state index in [0.717, 1.165) is 25.6 Å². The van der Waals surface area contributed by atoms with E-state index in [0.29, 0.717) is 5.89 Å². The van der Waals surface area contributed by atoms with Gasteiger partial charge < -0.3 is 4.42 Å². The molecule has 1 heterocycles. The van der Waals surface area contributed by atoms with E-state index in [-0.39, 0.29) is 0 Å². The molecule has 0 N–H and O–H groups in total. The Morgan fingerprint density at radius 1 is 0.941 bits per heavy atom. The summed E-state index contributed by atoms with van der Waals surface area (Å²) < 4.78 is 7.72. The third-order valence-corrected chi connectivity index (χ3v) is 3.41. The molecule has 0 amide bonds. The molecule has 0 aliphatic heterocycles. The zero-order valence-corrected chi connectivity index (χ0v) is 11.8. The Morgan fingerprint density at radius 2 is 1.76 bits per heavy atom. The van der Waals surface area contributed by atoms with Crippen molar-refractivity contribution in [2.75, 3.05) is 0 Å². The molecule has 4 heteroatoms. The van der Waals surface area contributed by atoms with E-state index in [1.165, 1.54) is 0 Å². The third-order valence-electron chi connectivity index (χ3n) is 2.42. The zero-order valence-electron chi connectivity index (χ0n) is 8.65. The van der Waals surface area contributed by atoms with Crippen LogP contribution in [0.4, 0.5) is 0 Å². The van der Waals surface area contributed by atoms with E-state index >= 15 is 0 Å². The van der Waals surface area contributed by atoms with E-state index in [1.54, 1.807) is 0 Å². The maximum atomic E-state index is 5.71. The summed E-state index contributed by atoms with van der Waals surface area (Å²) in [5.74, 6) is 0.638. The minimum atomic E-state index is 0.638. The van der Waals surface area contributed by atoms with Gasteiger partial charge in [0.1, 0.15) is 5.52 Å². The second-order valence-electron chi connectivity index (χ2n) is 3.64. The molecule has 3 aromatic rings. The summed E-state index contributed by atoms with van der Waals surface area (Å²) in [5, 5.41) is 0. The molecule has 17 heavy (non-hydrogen) atoms. The Hall–Kier alpha value is -1.13. The van der Waals surface area contributed by atoms with Crippen molar-refractivity contribution >= 4 is 43.0 Å². The van der Waals surface area contributed by atoms with Gasteiger partial charge in [0.15, 0.2) is 5.58 Å². The summed E-state index contributed by atoms with van der Waals surface area (Å²) in [5.41, 5.74) is 2.62. The van der Waals surface area contributed by atoms with Crippen molar-refractivity contribution in [3.8, 4) is 11.5 Å². The lowest BCUT2D eigenvalue weighted by atomic mass is 10.2. The number of aromatic nitrogens is 1. The van der Waals surface area contributed by atoms with Crippen molar-refractivity contribution in [1.82, 2.24) is 4.98 Å². The van der Waals surface area contributed by atoms with Crippen molar-refractivity contribution in [1.29, 1.82) is 0 Å². The lowest BCUT2D eigenvalue weighted by molar-refractivity contribution is 0.620. The van der Waals surface area contributed by atoms with Crippen LogP contribution in [0.25, 0.3) is 22.6 Å². The Kier molecular flexibility index (Phi) is 2.76. The zero-order chi connectivity index (χ0) is 11.8. The minimum absolute atomic E-state index is 0.638. The Bertz CT molecular complexity index is 691. The van der Waals surface area contributed by atoms with Gasteiger partial charge >= 0.3 is 0 Å². The molecule has 0 atom stereocenters. The maximum Gasteiger partial charge on any atom is 0.227 e. The van der Waals surface area contributed by atoms with E-state index in [9.17, 15) is 0 Å². The first-order chi connectivity index (χ1) is 8.22. The summed E-state index contributed by atoms with van der Waals surface area (Å²) >= 11 is 6.86. The highest BCUT2D eigenvalue weighted by atomic mass is 79.9. The summed E-state index contributed by atoms with van der Waals surface area (Å²) in [6, 6.07) is 13.7. The SMILES string of the molecule is Brc1cccc(-c2nc3cc(Br)ccc3o2)c1. The lowest BCUT2D eigenvalue weighted by Gasteiger charge is -1.94. The molecule has 0 bridgehead atoms. The molecule has 0 aliphatic carbocycles. The normalized spacial score (nSPS) is 10.9. The first-order valence-corrected chi connectivity index (χ1v) is 6.63. The maximum absolute atomic E-state index is 5.71. The molecule has 0 unspecified atom stereocenters. The number of oxazole rings is 1. The van der Waals surface area contributed by atoms with Crippen LogP contribution in [0.3, 0.4) is 0 Å². The lowest BCUT2D eigenvalue weighted by Crippen LogP contribution is -1.76. The molecular weight excluding hydrogens is 346 g/mol. The van der Waals surface area contributed by atoms with Crippen molar-refractivity contribution in [2.45, 2.75) is 0 Å². The molecule has 2 nitrogen and oxygen atoms in total. The fourth-order valence-electron chi connectivity index (χ4n) is 1.65. The molecule has 2 aromatic carbocycles. The predicted molar refractivity (Wildman–Crippen MR) is 74.8 cm³/mol. The monoisotopic (exact) mass is 351 g/mol. The standard InChI is InChI=1S/C13H7Br2NO/c14-9-3-1-2-8(6-9)13-16-11-7-10(15)4-5-12(11)17-13/h1-7H. The molecule has 0 saturated carbocycles. The van der Waals surface area contributed by atoms with Gasteiger partial charge in [-0.3, -0.25) is 0 Å². The van der Waals surface area contributed by atoms with Gasteiger partial charge in [0, 0.05) is 14.5 Å². The van der Waals surface area contributed by atoms with Crippen molar-refractivity contribution in [3.63, 3.8) is 0 Å². The van der Waals surface area contributed by atoms with E-state index in [2.05, 4.69) is 36.8 Å². The molecule has 1 aromatic heterocycles. The Morgan fingerprint density at radius 3 is 2.59 bits per heavy atom. The van der Waals surface area contributed by atoms with Gasteiger partial charge in [0.25, 0.3) is 0 Å². The number of benzene rings is 2. The van der Waals surface area contributed by atoms with Gasteiger partial charge in [0.2, 0.25) is 5.89 Å². The summed E-state index contributed by atoms with van der Waals surface area (Å²) in [4.78, 5) is 4.47. The average Bonchev–Trinajstić information content (AvgIpc) is 2.72. The van der Waals surface area contributed by atoms with Crippen LogP contribution in [0.2, 0.25) is 0 Å². The topological polar surface area (TPSA) is 26.0 Å². The molecule has 3 rings (SSSR count). The van der Waals surface area contributed by atoms with Crippen molar-refractivity contribution in [2.24, 2.45) is 0 Å². The van der Waals surface area contributed by atoms with Crippen LogP contribution in [0.1, 0.15) is 0 Å². The molecule has 0 saturated heterocycles. The highest BCUT2D eigenvalue weighted by Gasteiger charge is 2.08. The van der Waals surface area contributed by atoms with Gasteiger partial charge in [0.05, 0.1) is 0 Å².